The van der Waals surface area contributed by atoms with Crippen LogP contribution in [0.15, 0.2) is 23.1 Å². The predicted octanol–water partition coefficient (Wildman–Crippen LogP) is 1.76. The summed E-state index contributed by atoms with van der Waals surface area (Å²) in [6, 6.07) is 4.64. The smallest absolute Gasteiger partial charge is 0.252 e. The van der Waals surface area contributed by atoms with Gasteiger partial charge in [-0.2, -0.15) is 0 Å². The molecule has 0 atom stereocenters. The molecule has 0 saturated carbocycles. The van der Waals surface area contributed by atoms with Crippen molar-refractivity contribution in [3.8, 4) is 0 Å². The molecule has 0 aliphatic carbocycles. The number of nitrogens with zero attached hydrogens (tertiary/aromatic N) is 2. The van der Waals surface area contributed by atoms with Gasteiger partial charge >= 0.3 is 0 Å². The summed E-state index contributed by atoms with van der Waals surface area (Å²) < 4.78 is 26.3. The van der Waals surface area contributed by atoms with Crippen LogP contribution in [-0.4, -0.2) is 63.8 Å². The van der Waals surface area contributed by atoms with Crippen LogP contribution >= 0.6 is 22.6 Å². The zero-order valence-corrected chi connectivity index (χ0v) is 17.1. The van der Waals surface area contributed by atoms with E-state index in [1.807, 2.05) is 0 Å². The quantitative estimate of drug-likeness (QED) is 0.651. The van der Waals surface area contributed by atoms with Crippen LogP contribution in [0.5, 0.6) is 0 Å². The molecule has 1 fully saturated rings. The molecule has 0 spiro atoms. The van der Waals surface area contributed by atoms with Gasteiger partial charge < -0.3 is 10.2 Å². The summed E-state index contributed by atoms with van der Waals surface area (Å²) in [5.41, 5.74) is 0.400. The first-order valence-electron chi connectivity index (χ1n) is 8.05. The number of hydrogen-bond acceptors (Lipinski definition) is 4. The number of halogens is 1. The van der Waals surface area contributed by atoms with E-state index in [0.29, 0.717) is 12.1 Å². The van der Waals surface area contributed by atoms with E-state index in [0.717, 1.165) is 27.5 Å². The average Bonchev–Trinajstić information content (AvgIpc) is 2.55. The number of benzene rings is 1. The van der Waals surface area contributed by atoms with E-state index in [4.69, 9.17) is 0 Å². The lowest BCUT2D eigenvalue weighted by Gasteiger charge is -2.26. The van der Waals surface area contributed by atoms with Crippen molar-refractivity contribution in [1.29, 1.82) is 0 Å². The minimum absolute atomic E-state index is 0.133. The molecule has 1 heterocycles. The molecule has 2 rings (SSSR count). The van der Waals surface area contributed by atoms with Crippen LogP contribution < -0.4 is 5.32 Å². The van der Waals surface area contributed by atoms with Gasteiger partial charge in [-0.05, 0) is 66.7 Å². The van der Waals surface area contributed by atoms with Gasteiger partial charge in [0.15, 0.2) is 0 Å². The van der Waals surface area contributed by atoms with Gasteiger partial charge in [-0.15, -0.1) is 0 Å². The fraction of sp³-hybridized carbons (Fsp3) is 0.562. The lowest BCUT2D eigenvalue weighted by molar-refractivity contribution is 0.0945. The Morgan fingerprint density at radius 3 is 2.54 bits per heavy atom. The highest BCUT2D eigenvalue weighted by Crippen LogP contribution is 2.20. The Morgan fingerprint density at radius 1 is 1.25 bits per heavy atom. The third kappa shape index (κ3) is 4.90. The predicted molar refractivity (Wildman–Crippen MR) is 103 cm³/mol. The van der Waals surface area contributed by atoms with Crippen molar-refractivity contribution < 1.29 is 13.2 Å². The van der Waals surface area contributed by atoms with E-state index >= 15 is 0 Å². The van der Waals surface area contributed by atoms with Crippen molar-refractivity contribution in [3.63, 3.8) is 0 Å². The van der Waals surface area contributed by atoms with Gasteiger partial charge in [0.2, 0.25) is 10.0 Å². The molecule has 1 aromatic rings. The highest BCUT2D eigenvalue weighted by molar-refractivity contribution is 14.1. The first kappa shape index (κ1) is 19.6. The number of rotatable bonds is 6. The zero-order valence-electron chi connectivity index (χ0n) is 14.1. The summed E-state index contributed by atoms with van der Waals surface area (Å²) in [5, 5.41) is 2.90. The van der Waals surface area contributed by atoms with Crippen molar-refractivity contribution in [2.24, 2.45) is 0 Å². The van der Waals surface area contributed by atoms with Gasteiger partial charge in [-0.1, -0.05) is 6.42 Å². The Kier molecular flexibility index (Phi) is 7.02. The largest absolute Gasteiger partial charge is 0.351 e. The molecule has 1 aromatic carbocycles. The molecule has 6 nitrogen and oxygen atoms in total. The maximum absolute atomic E-state index is 12.4. The Hall–Kier alpha value is -0.710. The lowest BCUT2D eigenvalue weighted by Crippen LogP contribution is -2.37. The van der Waals surface area contributed by atoms with Gasteiger partial charge in [-0.3, -0.25) is 4.79 Å². The fourth-order valence-corrected chi connectivity index (χ4v) is 4.16. The number of hydrogen-bond donors (Lipinski definition) is 1. The summed E-state index contributed by atoms with van der Waals surface area (Å²) in [4.78, 5) is 14.9. The van der Waals surface area contributed by atoms with Crippen LogP contribution in [0.2, 0.25) is 0 Å². The fourth-order valence-electron chi connectivity index (χ4n) is 2.66. The third-order valence-corrected chi connectivity index (χ3v) is 6.88. The molecular formula is C16H24IN3O3S. The SMILES string of the molecule is CN(C)S(=O)(=O)c1ccc(I)c(C(=O)NCCN2CCCCC2)c1. The van der Waals surface area contributed by atoms with E-state index in [9.17, 15) is 13.2 Å². The molecule has 1 N–H and O–H groups in total. The summed E-state index contributed by atoms with van der Waals surface area (Å²) in [6.07, 6.45) is 3.72. The van der Waals surface area contributed by atoms with Crippen molar-refractivity contribution in [1.82, 2.24) is 14.5 Å². The minimum Gasteiger partial charge on any atom is -0.351 e. The molecule has 8 heteroatoms. The zero-order chi connectivity index (χ0) is 17.7. The van der Waals surface area contributed by atoms with Gasteiger partial charge in [0.05, 0.1) is 10.5 Å². The van der Waals surface area contributed by atoms with Crippen molar-refractivity contribution in [2.75, 3.05) is 40.3 Å². The van der Waals surface area contributed by atoms with E-state index in [1.165, 1.54) is 45.5 Å². The van der Waals surface area contributed by atoms with Crippen molar-refractivity contribution >= 4 is 38.5 Å². The van der Waals surface area contributed by atoms with E-state index in [2.05, 4.69) is 32.8 Å². The summed E-state index contributed by atoms with van der Waals surface area (Å²) in [6.45, 7) is 3.57. The first-order valence-corrected chi connectivity index (χ1v) is 10.6. The van der Waals surface area contributed by atoms with Gasteiger partial charge in [0.25, 0.3) is 5.91 Å². The standard InChI is InChI=1S/C16H24IN3O3S/c1-19(2)24(22,23)13-6-7-15(17)14(12-13)16(21)18-8-11-20-9-4-3-5-10-20/h6-7,12H,3-5,8-11H2,1-2H3,(H,18,21). The molecule has 1 aliphatic heterocycles. The highest BCUT2D eigenvalue weighted by Gasteiger charge is 2.20. The molecule has 24 heavy (non-hydrogen) atoms. The number of piperidine rings is 1. The minimum atomic E-state index is -3.55. The number of carbonyl (C=O) groups excluding carboxylic acids is 1. The summed E-state index contributed by atoms with van der Waals surface area (Å²) in [5.74, 6) is -0.229. The number of nitrogens with one attached hydrogen (secondary N) is 1. The molecule has 1 amide bonds. The van der Waals surface area contributed by atoms with Crippen molar-refractivity contribution in [2.45, 2.75) is 24.2 Å². The Labute approximate surface area is 157 Å². The van der Waals surface area contributed by atoms with Crippen LogP contribution in [0.1, 0.15) is 29.6 Å². The van der Waals surface area contributed by atoms with E-state index in [1.54, 1.807) is 6.07 Å². The topological polar surface area (TPSA) is 69.7 Å². The molecule has 0 bridgehead atoms. The third-order valence-electron chi connectivity index (χ3n) is 4.12. The second-order valence-electron chi connectivity index (χ2n) is 6.09. The van der Waals surface area contributed by atoms with Crippen molar-refractivity contribution in [3.05, 3.63) is 27.3 Å². The molecule has 0 unspecified atom stereocenters. The Balaban J connectivity index is 2.03. The van der Waals surface area contributed by atoms with E-state index in [-0.39, 0.29) is 10.8 Å². The Morgan fingerprint density at radius 2 is 1.92 bits per heavy atom. The van der Waals surface area contributed by atoms with Crippen LogP contribution in [-0.2, 0) is 10.0 Å². The van der Waals surface area contributed by atoms with Gasteiger partial charge in [-0.25, -0.2) is 12.7 Å². The van der Waals surface area contributed by atoms with Crippen LogP contribution in [0.3, 0.4) is 0 Å². The number of likely N-dealkylation sites (tertiary alicyclic amines) is 1. The maximum Gasteiger partial charge on any atom is 0.252 e. The molecular weight excluding hydrogens is 441 g/mol. The number of amides is 1. The maximum atomic E-state index is 12.4. The number of carbonyl (C=O) groups is 1. The molecule has 134 valence electrons. The summed E-state index contributed by atoms with van der Waals surface area (Å²) >= 11 is 2.05. The van der Waals surface area contributed by atoms with Crippen LogP contribution in [0, 0.1) is 3.57 Å². The van der Waals surface area contributed by atoms with Crippen LogP contribution in [0.25, 0.3) is 0 Å². The molecule has 1 aliphatic rings. The summed E-state index contributed by atoms with van der Waals surface area (Å²) in [7, 11) is -0.590. The molecule has 0 aromatic heterocycles. The van der Waals surface area contributed by atoms with Gasteiger partial charge in [0, 0.05) is 30.8 Å². The second kappa shape index (κ2) is 8.59. The Bertz CT molecular complexity index is 686. The normalized spacial score (nSPS) is 16.3. The average molecular weight is 465 g/mol. The highest BCUT2D eigenvalue weighted by atomic mass is 127. The molecule has 0 radical (unpaired) electrons. The monoisotopic (exact) mass is 465 g/mol. The second-order valence-corrected chi connectivity index (χ2v) is 9.40. The first-order chi connectivity index (χ1) is 11.3. The van der Waals surface area contributed by atoms with Gasteiger partial charge in [0.1, 0.15) is 0 Å². The number of sulfonamides is 1. The lowest BCUT2D eigenvalue weighted by atomic mass is 10.1. The van der Waals surface area contributed by atoms with E-state index < -0.39 is 10.0 Å². The molecule has 1 saturated heterocycles. The van der Waals surface area contributed by atoms with Crippen LogP contribution in [0.4, 0.5) is 0 Å².